The average molecular weight is 533 g/mol. The topological polar surface area (TPSA) is 108 Å². The standard InChI is InChI=1S/C24H22Cl2N4O4S/c1-17(31)28-20-8-10-21(11-9-20)35(33,34)30(15-18-5-3-2-4-6-18)16-24(32)29-27-14-19-7-12-22(25)23(26)13-19/h2-14H,15-16H2,1H3,(H,28,31)(H,29,32)/b27-14-. The van der Waals surface area contributed by atoms with Crippen molar-refractivity contribution in [3.05, 3.63) is 94.0 Å². The van der Waals surface area contributed by atoms with Gasteiger partial charge in [-0.15, -0.1) is 0 Å². The molecule has 2 amide bonds. The van der Waals surface area contributed by atoms with Crippen molar-refractivity contribution in [2.24, 2.45) is 5.10 Å². The molecule has 0 unspecified atom stereocenters. The molecule has 0 aromatic heterocycles. The molecule has 35 heavy (non-hydrogen) atoms. The SMILES string of the molecule is CC(=O)Nc1ccc(S(=O)(=O)N(CC(=O)N/N=C\c2ccc(Cl)c(Cl)c2)Cc2ccccc2)cc1. The molecule has 0 spiro atoms. The highest BCUT2D eigenvalue weighted by molar-refractivity contribution is 7.89. The first kappa shape index (κ1) is 26.4. The van der Waals surface area contributed by atoms with E-state index in [1.54, 1.807) is 42.5 Å². The first-order valence-corrected chi connectivity index (χ1v) is 12.5. The molecule has 0 bridgehead atoms. The molecule has 0 saturated carbocycles. The van der Waals surface area contributed by atoms with E-state index in [4.69, 9.17) is 23.2 Å². The van der Waals surface area contributed by atoms with Crippen LogP contribution in [0.5, 0.6) is 0 Å². The van der Waals surface area contributed by atoms with Crippen molar-refractivity contribution < 1.29 is 18.0 Å². The zero-order chi connectivity index (χ0) is 25.4. The number of halogens is 2. The molecule has 0 aliphatic carbocycles. The molecule has 0 aliphatic heterocycles. The molecular weight excluding hydrogens is 511 g/mol. The number of benzene rings is 3. The second-order valence-corrected chi connectivity index (χ2v) is 10.2. The van der Waals surface area contributed by atoms with E-state index in [2.05, 4.69) is 15.8 Å². The molecule has 0 radical (unpaired) electrons. The van der Waals surface area contributed by atoms with Crippen molar-refractivity contribution in [1.82, 2.24) is 9.73 Å². The second-order valence-electron chi connectivity index (χ2n) is 7.43. The smallest absolute Gasteiger partial charge is 0.255 e. The highest BCUT2D eigenvalue weighted by Crippen LogP contribution is 2.22. The lowest BCUT2D eigenvalue weighted by atomic mass is 10.2. The maximum Gasteiger partial charge on any atom is 0.255 e. The molecule has 0 atom stereocenters. The first-order valence-electron chi connectivity index (χ1n) is 10.3. The lowest BCUT2D eigenvalue weighted by molar-refractivity contribution is -0.121. The van der Waals surface area contributed by atoms with Crippen molar-refractivity contribution in [2.45, 2.75) is 18.4 Å². The van der Waals surface area contributed by atoms with E-state index in [0.29, 0.717) is 26.9 Å². The Labute approximate surface area is 213 Å². The van der Waals surface area contributed by atoms with Crippen LogP contribution in [-0.2, 0) is 26.2 Å². The Bertz CT molecular complexity index is 1330. The molecule has 0 saturated heterocycles. The highest BCUT2D eigenvalue weighted by atomic mass is 35.5. The van der Waals surface area contributed by atoms with Crippen LogP contribution in [0.2, 0.25) is 10.0 Å². The number of hydrazone groups is 1. The number of nitrogens with zero attached hydrogens (tertiary/aromatic N) is 2. The van der Waals surface area contributed by atoms with Crippen LogP contribution < -0.4 is 10.7 Å². The minimum atomic E-state index is -4.05. The van der Waals surface area contributed by atoms with E-state index < -0.39 is 22.5 Å². The number of sulfonamides is 1. The fourth-order valence-electron chi connectivity index (χ4n) is 3.04. The van der Waals surface area contributed by atoms with E-state index in [-0.39, 0.29) is 17.3 Å². The van der Waals surface area contributed by atoms with E-state index in [1.165, 1.54) is 37.4 Å². The van der Waals surface area contributed by atoms with Crippen LogP contribution in [0.3, 0.4) is 0 Å². The second kappa shape index (κ2) is 11.9. The number of amides is 2. The monoisotopic (exact) mass is 532 g/mol. The van der Waals surface area contributed by atoms with E-state index in [9.17, 15) is 18.0 Å². The van der Waals surface area contributed by atoms with Gasteiger partial charge < -0.3 is 5.32 Å². The largest absolute Gasteiger partial charge is 0.326 e. The molecule has 8 nitrogen and oxygen atoms in total. The summed E-state index contributed by atoms with van der Waals surface area (Å²) in [6.07, 6.45) is 1.37. The number of carbonyl (C=O) groups excluding carboxylic acids is 2. The molecule has 182 valence electrons. The van der Waals surface area contributed by atoms with Crippen LogP contribution in [0.15, 0.2) is 82.8 Å². The van der Waals surface area contributed by atoms with Crippen LogP contribution >= 0.6 is 23.2 Å². The Kier molecular flexibility index (Phi) is 9.00. The summed E-state index contributed by atoms with van der Waals surface area (Å²) >= 11 is 11.9. The molecule has 11 heteroatoms. The van der Waals surface area contributed by atoms with Crippen molar-refractivity contribution in [1.29, 1.82) is 0 Å². The van der Waals surface area contributed by atoms with Crippen molar-refractivity contribution in [3.8, 4) is 0 Å². The number of nitrogens with one attached hydrogen (secondary N) is 2. The molecule has 0 fully saturated rings. The summed E-state index contributed by atoms with van der Waals surface area (Å²) in [5, 5.41) is 7.19. The summed E-state index contributed by atoms with van der Waals surface area (Å²) in [6.45, 7) is 0.860. The summed E-state index contributed by atoms with van der Waals surface area (Å²) in [6, 6.07) is 19.5. The van der Waals surface area contributed by atoms with E-state index >= 15 is 0 Å². The van der Waals surface area contributed by atoms with Gasteiger partial charge in [0.15, 0.2) is 0 Å². The van der Waals surface area contributed by atoms with Crippen LogP contribution in [0.4, 0.5) is 5.69 Å². The highest BCUT2D eigenvalue weighted by Gasteiger charge is 2.27. The zero-order valence-electron chi connectivity index (χ0n) is 18.6. The van der Waals surface area contributed by atoms with Crippen LogP contribution in [0.1, 0.15) is 18.1 Å². The molecule has 0 heterocycles. The third-order valence-electron chi connectivity index (χ3n) is 4.68. The number of anilines is 1. The lowest BCUT2D eigenvalue weighted by Crippen LogP contribution is -2.39. The van der Waals surface area contributed by atoms with Crippen molar-refractivity contribution >= 4 is 56.9 Å². The maximum atomic E-state index is 13.4. The fraction of sp³-hybridized carbons (Fsp3) is 0.125. The van der Waals surface area contributed by atoms with Gasteiger partial charge in [0.05, 0.1) is 27.7 Å². The summed E-state index contributed by atoms with van der Waals surface area (Å²) in [7, 11) is -4.05. The molecule has 0 aliphatic rings. The van der Waals surface area contributed by atoms with Gasteiger partial charge in [-0.2, -0.15) is 9.41 Å². The number of hydrogen-bond donors (Lipinski definition) is 2. The molecule has 3 aromatic rings. The van der Waals surface area contributed by atoms with Gasteiger partial charge in [0.25, 0.3) is 5.91 Å². The third-order valence-corrected chi connectivity index (χ3v) is 7.23. The Morgan fingerprint density at radius 3 is 2.29 bits per heavy atom. The minimum absolute atomic E-state index is 0.0189. The van der Waals surface area contributed by atoms with Gasteiger partial charge in [-0.25, -0.2) is 13.8 Å². The third kappa shape index (κ3) is 7.63. The van der Waals surface area contributed by atoms with Crippen LogP contribution in [-0.4, -0.2) is 37.3 Å². The van der Waals surface area contributed by atoms with Gasteiger partial charge >= 0.3 is 0 Å². The van der Waals surface area contributed by atoms with Gasteiger partial charge in [0.2, 0.25) is 15.9 Å². The normalized spacial score (nSPS) is 11.5. The number of rotatable bonds is 9. The Morgan fingerprint density at radius 1 is 0.971 bits per heavy atom. The summed E-state index contributed by atoms with van der Waals surface area (Å²) in [4.78, 5) is 23.8. The first-order chi connectivity index (χ1) is 16.6. The van der Waals surface area contributed by atoms with Gasteiger partial charge in [0.1, 0.15) is 0 Å². The van der Waals surface area contributed by atoms with E-state index in [0.717, 1.165) is 4.31 Å². The lowest BCUT2D eigenvalue weighted by Gasteiger charge is -2.21. The zero-order valence-corrected chi connectivity index (χ0v) is 20.9. The molecular formula is C24H22Cl2N4O4S. The molecule has 3 rings (SSSR count). The van der Waals surface area contributed by atoms with Gasteiger partial charge in [0, 0.05) is 19.2 Å². The molecule has 3 aromatic carbocycles. The summed E-state index contributed by atoms with van der Waals surface area (Å²) in [5.41, 5.74) is 4.11. The number of carbonyl (C=O) groups is 2. The number of hydrogen-bond acceptors (Lipinski definition) is 5. The van der Waals surface area contributed by atoms with Gasteiger partial charge in [-0.05, 0) is 47.5 Å². The van der Waals surface area contributed by atoms with Crippen LogP contribution in [0.25, 0.3) is 0 Å². The predicted octanol–water partition coefficient (Wildman–Crippen LogP) is 4.29. The fourth-order valence-corrected chi connectivity index (χ4v) is 4.73. The van der Waals surface area contributed by atoms with Crippen molar-refractivity contribution in [2.75, 3.05) is 11.9 Å². The maximum absolute atomic E-state index is 13.4. The van der Waals surface area contributed by atoms with Crippen molar-refractivity contribution in [3.63, 3.8) is 0 Å². The van der Waals surface area contributed by atoms with Gasteiger partial charge in [-0.3, -0.25) is 9.59 Å². The summed E-state index contributed by atoms with van der Waals surface area (Å²) in [5.74, 6) is -0.903. The predicted molar refractivity (Wildman–Crippen MR) is 137 cm³/mol. The van der Waals surface area contributed by atoms with E-state index in [1.807, 2.05) is 6.07 Å². The quantitative estimate of drug-likeness (QED) is 0.316. The Hall–Kier alpha value is -3.24. The Morgan fingerprint density at radius 2 is 1.66 bits per heavy atom. The minimum Gasteiger partial charge on any atom is -0.326 e. The molecule has 2 N–H and O–H groups in total. The Balaban J connectivity index is 1.78. The van der Waals surface area contributed by atoms with Crippen LogP contribution in [0, 0.1) is 0 Å². The summed E-state index contributed by atoms with van der Waals surface area (Å²) < 4.78 is 27.8. The van der Waals surface area contributed by atoms with Gasteiger partial charge in [-0.1, -0.05) is 59.6 Å². The average Bonchev–Trinajstić information content (AvgIpc) is 2.81.